The highest BCUT2D eigenvalue weighted by Crippen LogP contribution is 2.31. The van der Waals surface area contributed by atoms with Gasteiger partial charge in [-0.15, -0.1) is 10.2 Å². The summed E-state index contributed by atoms with van der Waals surface area (Å²) in [5.74, 6) is 1.35. The number of hydrogen-bond acceptors (Lipinski definition) is 5. The van der Waals surface area contributed by atoms with Crippen molar-refractivity contribution >= 4 is 34.7 Å². The van der Waals surface area contributed by atoms with E-state index in [1.807, 2.05) is 46.8 Å². The van der Waals surface area contributed by atoms with E-state index in [9.17, 15) is 0 Å². The molecule has 0 saturated heterocycles. The van der Waals surface area contributed by atoms with Gasteiger partial charge in [0.2, 0.25) is 11.6 Å². The minimum Gasteiger partial charge on any atom is -0.357 e. The van der Waals surface area contributed by atoms with Crippen LogP contribution in [0.25, 0.3) is 5.65 Å². The average Bonchev–Trinajstić information content (AvgIpc) is 2.90. The van der Waals surface area contributed by atoms with E-state index >= 15 is 0 Å². The summed E-state index contributed by atoms with van der Waals surface area (Å²) in [6.07, 6.45) is 3.52. The molecule has 2 heterocycles. The fourth-order valence-electron chi connectivity index (χ4n) is 2.06. The van der Waals surface area contributed by atoms with Gasteiger partial charge in [0.1, 0.15) is 0 Å². The van der Waals surface area contributed by atoms with Crippen LogP contribution in [-0.4, -0.2) is 33.7 Å². The van der Waals surface area contributed by atoms with E-state index < -0.39 is 0 Å². The minimum absolute atomic E-state index is 0.659. The van der Waals surface area contributed by atoms with Gasteiger partial charge in [-0.05, 0) is 12.1 Å². The summed E-state index contributed by atoms with van der Waals surface area (Å²) in [4.78, 5) is 6.28. The molecular formula is C13H13ClN6. The molecule has 0 bridgehead atoms. The van der Waals surface area contributed by atoms with Gasteiger partial charge in [-0.1, -0.05) is 23.7 Å². The third-order valence-electron chi connectivity index (χ3n) is 3.06. The van der Waals surface area contributed by atoms with Crippen LogP contribution < -0.4 is 10.2 Å². The number of halogens is 1. The molecular weight excluding hydrogens is 276 g/mol. The normalized spacial score (nSPS) is 10.8. The Morgan fingerprint density at radius 3 is 2.80 bits per heavy atom. The number of para-hydroxylation sites is 1. The number of nitrogens with one attached hydrogen (secondary N) is 1. The quantitative estimate of drug-likeness (QED) is 0.803. The van der Waals surface area contributed by atoms with Crippen LogP contribution in [0.2, 0.25) is 5.02 Å². The van der Waals surface area contributed by atoms with Crippen LogP contribution in [-0.2, 0) is 0 Å². The highest BCUT2D eigenvalue weighted by Gasteiger charge is 2.15. The Labute approximate surface area is 121 Å². The molecule has 0 amide bonds. The Balaban J connectivity index is 2.15. The number of hydrogen-bond donors (Lipinski definition) is 1. The van der Waals surface area contributed by atoms with Gasteiger partial charge in [0, 0.05) is 26.5 Å². The van der Waals surface area contributed by atoms with E-state index in [1.165, 1.54) is 0 Å². The van der Waals surface area contributed by atoms with Gasteiger partial charge in [0.05, 0.1) is 10.7 Å². The number of benzene rings is 1. The topological polar surface area (TPSA) is 58.4 Å². The van der Waals surface area contributed by atoms with Crippen molar-refractivity contribution in [3.63, 3.8) is 0 Å². The molecule has 0 spiro atoms. The minimum atomic E-state index is 0.659. The second-order valence-electron chi connectivity index (χ2n) is 4.23. The molecule has 1 N–H and O–H groups in total. The SMILES string of the molecule is CNc1nnc2c(N(C)c3ccccc3Cl)nccn12. The lowest BCUT2D eigenvalue weighted by Gasteiger charge is -2.19. The van der Waals surface area contributed by atoms with E-state index in [-0.39, 0.29) is 0 Å². The zero-order valence-electron chi connectivity index (χ0n) is 11.1. The predicted octanol–water partition coefficient (Wildman–Crippen LogP) is 2.59. The van der Waals surface area contributed by atoms with Crippen molar-refractivity contribution in [2.75, 3.05) is 24.3 Å². The van der Waals surface area contributed by atoms with Crippen molar-refractivity contribution in [1.29, 1.82) is 0 Å². The molecule has 7 heteroatoms. The lowest BCUT2D eigenvalue weighted by Crippen LogP contribution is -2.13. The maximum absolute atomic E-state index is 6.23. The van der Waals surface area contributed by atoms with Crippen molar-refractivity contribution in [3.05, 3.63) is 41.7 Å². The molecule has 0 atom stereocenters. The van der Waals surface area contributed by atoms with Crippen molar-refractivity contribution in [1.82, 2.24) is 19.6 Å². The van der Waals surface area contributed by atoms with E-state index in [1.54, 1.807) is 13.2 Å². The molecule has 3 rings (SSSR count). The molecule has 0 aliphatic heterocycles. The van der Waals surface area contributed by atoms with Gasteiger partial charge in [0.15, 0.2) is 5.82 Å². The van der Waals surface area contributed by atoms with Crippen LogP contribution in [0.5, 0.6) is 0 Å². The van der Waals surface area contributed by atoms with Crippen LogP contribution in [0.15, 0.2) is 36.7 Å². The van der Waals surface area contributed by atoms with E-state index in [4.69, 9.17) is 11.6 Å². The summed E-state index contributed by atoms with van der Waals surface area (Å²) < 4.78 is 1.84. The molecule has 0 radical (unpaired) electrons. The van der Waals surface area contributed by atoms with Gasteiger partial charge in [0.25, 0.3) is 0 Å². The van der Waals surface area contributed by atoms with Gasteiger partial charge in [-0.3, -0.25) is 4.40 Å². The lowest BCUT2D eigenvalue weighted by atomic mass is 10.3. The van der Waals surface area contributed by atoms with Crippen molar-refractivity contribution in [2.24, 2.45) is 0 Å². The second-order valence-corrected chi connectivity index (χ2v) is 4.64. The molecule has 6 nitrogen and oxygen atoms in total. The molecule has 0 fully saturated rings. The Kier molecular flexibility index (Phi) is 3.15. The maximum atomic E-state index is 6.23. The first kappa shape index (κ1) is 12.7. The summed E-state index contributed by atoms with van der Waals surface area (Å²) in [6, 6.07) is 7.60. The second kappa shape index (κ2) is 4.97. The van der Waals surface area contributed by atoms with Gasteiger partial charge in [-0.2, -0.15) is 0 Å². The largest absolute Gasteiger partial charge is 0.357 e. The Morgan fingerprint density at radius 2 is 2.05 bits per heavy atom. The monoisotopic (exact) mass is 288 g/mol. The number of aromatic nitrogens is 4. The molecule has 0 aliphatic carbocycles. The van der Waals surface area contributed by atoms with E-state index in [2.05, 4.69) is 20.5 Å². The Morgan fingerprint density at radius 1 is 1.25 bits per heavy atom. The number of anilines is 3. The fourth-order valence-corrected chi connectivity index (χ4v) is 2.32. The first-order chi connectivity index (χ1) is 9.72. The zero-order valence-corrected chi connectivity index (χ0v) is 11.8. The molecule has 0 unspecified atom stereocenters. The first-order valence-electron chi connectivity index (χ1n) is 6.08. The molecule has 2 aromatic heterocycles. The van der Waals surface area contributed by atoms with Crippen LogP contribution in [0.1, 0.15) is 0 Å². The zero-order chi connectivity index (χ0) is 14.1. The first-order valence-corrected chi connectivity index (χ1v) is 6.46. The molecule has 1 aromatic carbocycles. The molecule has 3 aromatic rings. The summed E-state index contributed by atoms with van der Waals surface area (Å²) in [6.45, 7) is 0. The fraction of sp³-hybridized carbons (Fsp3) is 0.154. The standard InChI is InChI=1S/C13H13ClN6/c1-15-13-18-17-12-11(16-7-8-20(12)13)19(2)10-6-4-3-5-9(10)14/h3-8H,1-2H3,(H,15,18). The van der Waals surface area contributed by atoms with Gasteiger partial charge < -0.3 is 10.2 Å². The Hall–Kier alpha value is -2.34. The molecule has 102 valence electrons. The number of fused-ring (bicyclic) bond motifs is 1. The third-order valence-corrected chi connectivity index (χ3v) is 3.38. The predicted molar refractivity (Wildman–Crippen MR) is 79.8 cm³/mol. The lowest BCUT2D eigenvalue weighted by molar-refractivity contribution is 1.06. The summed E-state index contributed by atoms with van der Waals surface area (Å²) in [7, 11) is 3.70. The smallest absolute Gasteiger partial charge is 0.228 e. The van der Waals surface area contributed by atoms with Crippen LogP contribution in [0.4, 0.5) is 17.5 Å². The summed E-state index contributed by atoms with van der Waals surface area (Å²) in [5, 5.41) is 11.9. The molecule has 0 aliphatic rings. The Bertz CT molecular complexity index is 753. The van der Waals surface area contributed by atoms with Gasteiger partial charge in [-0.25, -0.2) is 4.98 Å². The van der Waals surface area contributed by atoms with Crippen LogP contribution >= 0.6 is 11.6 Å². The van der Waals surface area contributed by atoms with Crippen molar-refractivity contribution < 1.29 is 0 Å². The van der Waals surface area contributed by atoms with Gasteiger partial charge >= 0.3 is 0 Å². The van der Waals surface area contributed by atoms with Crippen LogP contribution in [0.3, 0.4) is 0 Å². The number of nitrogens with zero attached hydrogens (tertiary/aromatic N) is 5. The molecule has 0 saturated carbocycles. The average molecular weight is 289 g/mol. The number of rotatable bonds is 3. The summed E-state index contributed by atoms with van der Waals surface area (Å²) >= 11 is 6.23. The van der Waals surface area contributed by atoms with E-state index in [0.29, 0.717) is 22.4 Å². The molecule has 20 heavy (non-hydrogen) atoms. The summed E-state index contributed by atoms with van der Waals surface area (Å²) in [5.41, 5.74) is 1.53. The third kappa shape index (κ3) is 1.94. The van der Waals surface area contributed by atoms with E-state index in [0.717, 1.165) is 5.69 Å². The van der Waals surface area contributed by atoms with Crippen molar-refractivity contribution in [2.45, 2.75) is 0 Å². The maximum Gasteiger partial charge on any atom is 0.228 e. The highest BCUT2D eigenvalue weighted by molar-refractivity contribution is 6.33. The van der Waals surface area contributed by atoms with Crippen molar-refractivity contribution in [3.8, 4) is 0 Å². The van der Waals surface area contributed by atoms with Crippen LogP contribution in [0, 0.1) is 0 Å². The highest BCUT2D eigenvalue weighted by atomic mass is 35.5.